The summed E-state index contributed by atoms with van der Waals surface area (Å²) in [6.07, 6.45) is 3.29. The zero-order valence-electron chi connectivity index (χ0n) is 17.1. The van der Waals surface area contributed by atoms with Crippen molar-refractivity contribution in [2.75, 3.05) is 0 Å². The number of carboxylic acid groups (broad SMARTS) is 1. The second-order valence-corrected chi connectivity index (χ2v) is 8.36. The quantitative estimate of drug-likeness (QED) is 0.384. The Morgan fingerprint density at radius 1 is 1.06 bits per heavy atom. The molecule has 3 aromatic carbocycles. The number of hydrogen-bond donors (Lipinski definition) is 1. The lowest BCUT2D eigenvalue weighted by Gasteiger charge is -2.11. The van der Waals surface area contributed by atoms with Gasteiger partial charge in [0.15, 0.2) is 0 Å². The van der Waals surface area contributed by atoms with Crippen LogP contribution in [0.25, 0.3) is 16.6 Å². The predicted molar refractivity (Wildman–Crippen MR) is 126 cm³/mol. The van der Waals surface area contributed by atoms with E-state index in [0.29, 0.717) is 39.0 Å². The maximum atomic E-state index is 13.1. The average Bonchev–Trinajstić information content (AvgIpc) is 3.13. The van der Waals surface area contributed by atoms with Gasteiger partial charge in [0, 0.05) is 12.0 Å². The minimum atomic E-state index is -1.04. The normalized spacial score (nSPS) is 13.8. The van der Waals surface area contributed by atoms with Gasteiger partial charge in [-0.25, -0.2) is 9.78 Å². The van der Waals surface area contributed by atoms with E-state index >= 15 is 0 Å². The molecule has 164 valence electrons. The van der Waals surface area contributed by atoms with Gasteiger partial charge in [-0.1, -0.05) is 53.5 Å². The molecular formula is C25H16Cl2N2O4. The van der Waals surface area contributed by atoms with Crippen molar-refractivity contribution in [1.29, 1.82) is 0 Å². The maximum Gasteiger partial charge on any atom is 0.335 e. The van der Waals surface area contributed by atoms with E-state index in [2.05, 4.69) is 4.98 Å². The van der Waals surface area contributed by atoms with Gasteiger partial charge in [0.1, 0.15) is 18.7 Å². The van der Waals surface area contributed by atoms with Gasteiger partial charge < -0.3 is 9.84 Å². The summed E-state index contributed by atoms with van der Waals surface area (Å²) < 4.78 is 7.37. The highest BCUT2D eigenvalue weighted by atomic mass is 35.5. The number of ether oxygens (including phenoxy) is 1. The van der Waals surface area contributed by atoms with Crippen LogP contribution in [0.3, 0.4) is 0 Å². The first-order valence-corrected chi connectivity index (χ1v) is 10.8. The lowest BCUT2D eigenvalue weighted by Crippen LogP contribution is -2.08. The molecule has 1 N–H and O–H groups in total. The Bertz CT molecular complexity index is 1470. The third-order valence-electron chi connectivity index (χ3n) is 5.55. The number of carbonyl (C=O) groups excluding carboxylic acids is 1. The first kappa shape index (κ1) is 21.2. The van der Waals surface area contributed by atoms with Crippen LogP contribution < -0.4 is 4.74 Å². The van der Waals surface area contributed by atoms with Crippen LogP contribution in [-0.4, -0.2) is 26.5 Å². The molecule has 0 bridgehead atoms. The molecule has 8 heteroatoms. The van der Waals surface area contributed by atoms with E-state index in [9.17, 15) is 14.7 Å². The Balaban J connectivity index is 1.59. The fourth-order valence-corrected chi connectivity index (χ4v) is 4.24. The molecule has 4 aromatic rings. The first-order chi connectivity index (χ1) is 15.9. The molecule has 0 unspecified atom stereocenters. The summed E-state index contributed by atoms with van der Waals surface area (Å²) in [5.74, 6) is -0.697. The number of rotatable bonds is 3. The number of aromatic nitrogens is 2. The number of aromatic carboxylic acids is 1. The van der Waals surface area contributed by atoms with Gasteiger partial charge in [0.25, 0.3) is 0 Å². The number of fused-ring (bicyclic) bond motifs is 3. The third kappa shape index (κ3) is 3.88. The number of imidazole rings is 1. The van der Waals surface area contributed by atoms with Crippen LogP contribution in [0.1, 0.15) is 38.3 Å². The van der Waals surface area contributed by atoms with Crippen LogP contribution in [0.4, 0.5) is 0 Å². The van der Waals surface area contributed by atoms with Crippen molar-refractivity contribution in [3.63, 3.8) is 0 Å². The topological polar surface area (TPSA) is 81.4 Å². The van der Waals surface area contributed by atoms with Crippen molar-refractivity contribution in [1.82, 2.24) is 9.55 Å². The molecule has 33 heavy (non-hydrogen) atoms. The molecule has 6 nitrogen and oxygen atoms in total. The number of allylic oxidation sites excluding steroid dienone is 1. The fourth-order valence-electron chi connectivity index (χ4n) is 3.92. The van der Waals surface area contributed by atoms with Crippen LogP contribution in [0.5, 0.6) is 5.75 Å². The predicted octanol–water partition coefficient (Wildman–Crippen LogP) is 6.10. The molecule has 0 spiro atoms. The lowest BCUT2D eigenvalue weighted by atomic mass is 9.92. The Labute approximate surface area is 198 Å². The van der Waals surface area contributed by atoms with Crippen LogP contribution in [0, 0.1) is 0 Å². The summed E-state index contributed by atoms with van der Waals surface area (Å²) in [7, 11) is 0. The zero-order valence-corrected chi connectivity index (χ0v) is 18.6. The van der Waals surface area contributed by atoms with E-state index in [1.54, 1.807) is 30.3 Å². The molecule has 0 radical (unpaired) electrons. The Hall–Kier alpha value is -3.61. The molecule has 0 fully saturated rings. The number of carboxylic acids is 1. The Kier molecular flexibility index (Phi) is 5.40. The summed E-state index contributed by atoms with van der Waals surface area (Å²) in [5, 5.41) is 10.2. The van der Waals surface area contributed by atoms with Gasteiger partial charge in [-0.15, -0.1) is 0 Å². The number of carbonyl (C=O) groups is 2. The lowest BCUT2D eigenvalue weighted by molar-refractivity contribution is 0.0696. The van der Waals surface area contributed by atoms with E-state index < -0.39 is 5.97 Å². The van der Waals surface area contributed by atoms with Gasteiger partial charge >= 0.3 is 5.97 Å². The number of nitrogens with zero attached hydrogens (tertiary/aromatic N) is 2. The highest BCUT2D eigenvalue weighted by Crippen LogP contribution is 2.37. The fraction of sp³-hybridized carbons (Fsp3) is 0.0800. The standard InChI is InChI=1S/C25H16Cl2N2O4/c26-19-10-21-22(11-20(19)27)29(13-28-21)24(30)8-6-17-16-4-2-1-3-15(16)12-33-23-7-5-14(25(31)32)9-18(17)23/h1-7,9-11,13H,8,12H2,(H,31,32)/b17-6+. The Morgan fingerprint density at radius 2 is 1.85 bits per heavy atom. The minimum absolute atomic E-state index is 0.0477. The van der Waals surface area contributed by atoms with Gasteiger partial charge in [-0.2, -0.15) is 0 Å². The summed E-state index contributed by atoms with van der Waals surface area (Å²) >= 11 is 12.2. The van der Waals surface area contributed by atoms with Crippen molar-refractivity contribution < 1.29 is 19.4 Å². The summed E-state index contributed by atoms with van der Waals surface area (Å²) in [5.41, 5.74) is 4.45. The van der Waals surface area contributed by atoms with Crippen LogP contribution in [0.2, 0.25) is 10.0 Å². The van der Waals surface area contributed by atoms with E-state index in [0.717, 1.165) is 16.7 Å². The molecule has 0 saturated carbocycles. The van der Waals surface area contributed by atoms with Gasteiger partial charge in [0.2, 0.25) is 5.91 Å². The van der Waals surface area contributed by atoms with Crippen molar-refractivity contribution in [2.24, 2.45) is 0 Å². The molecular weight excluding hydrogens is 463 g/mol. The van der Waals surface area contributed by atoms with E-state index in [4.69, 9.17) is 27.9 Å². The molecule has 5 rings (SSSR count). The van der Waals surface area contributed by atoms with E-state index in [1.807, 2.05) is 24.3 Å². The molecule has 2 heterocycles. The average molecular weight is 479 g/mol. The summed E-state index contributed by atoms with van der Waals surface area (Å²) in [4.78, 5) is 28.9. The van der Waals surface area contributed by atoms with Gasteiger partial charge in [-0.3, -0.25) is 9.36 Å². The first-order valence-electron chi connectivity index (χ1n) is 10.1. The monoisotopic (exact) mass is 478 g/mol. The third-order valence-corrected chi connectivity index (χ3v) is 6.27. The van der Waals surface area contributed by atoms with Crippen molar-refractivity contribution >= 4 is 51.7 Å². The number of hydrogen-bond acceptors (Lipinski definition) is 4. The molecule has 1 aromatic heterocycles. The highest BCUT2D eigenvalue weighted by molar-refractivity contribution is 6.42. The SMILES string of the molecule is O=C(O)c1ccc2c(c1)/C(=C/CC(=O)n1cnc3cc(Cl)c(Cl)cc31)c1ccccc1CO2. The second kappa shape index (κ2) is 8.39. The molecule has 1 aliphatic rings. The molecule has 1 aliphatic heterocycles. The van der Waals surface area contributed by atoms with E-state index in [1.165, 1.54) is 17.0 Å². The van der Waals surface area contributed by atoms with Gasteiger partial charge in [0.05, 0.1) is 26.6 Å². The summed E-state index contributed by atoms with van der Waals surface area (Å²) in [6, 6.07) is 15.7. The second-order valence-electron chi connectivity index (χ2n) is 7.55. The van der Waals surface area contributed by atoms with Crippen molar-refractivity contribution in [3.8, 4) is 5.75 Å². The molecule has 0 atom stereocenters. The smallest absolute Gasteiger partial charge is 0.335 e. The highest BCUT2D eigenvalue weighted by Gasteiger charge is 2.21. The summed E-state index contributed by atoms with van der Waals surface area (Å²) in [6.45, 7) is 0.340. The van der Waals surface area contributed by atoms with Crippen LogP contribution >= 0.6 is 23.2 Å². The number of benzene rings is 3. The molecule has 0 saturated heterocycles. The van der Waals surface area contributed by atoms with Crippen molar-refractivity contribution in [3.05, 3.63) is 99.3 Å². The maximum absolute atomic E-state index is 13.1. The molecule has 0 aliphatic carbocycles. The Morgan fingerprint density at radius 3 is 2.67 bits per heavy atom. The van der Waals surface area contributed by atoms with Crippen LogP contribution in [-0.2, 0) is 6.61 Å². The van der Waals surface area contributed by atoms with Crippen molar-refractivity contribution in [2.45, 2.75) is 13.0 Å². The largest absolute Gasteiger partial charge is 0.488 e. The molecule has 0 amide bonds. The number of halogens is 2. The van der Waals surface area contributed by atoms with Gasteiger partial charge in [-0.05, 0) is 47.0 Å². The minimum Gasteiger partial charge on any atom is -0.488 e. The van der Waals surface area contributed by atoms with E-state index in [-0.39, 0.29) is 17.9 Å². The zero-order chi connectivity index (χ0) is 23.1. The van der Waals surface area contributed by atoms with Crippen LogP contribution in [0.15, 0.2) is 67.0 Å².